The fourth-order valence-electron chi connectivity index (χ4n) is 2.54. The molecule has 5 heteroatoms. The van der Waals surface area contributed by atoms with E-state index in [0.29, 0.717) is 23.9 Å². The van der Waals surface area contributed by atoms with E-state index in [-0.39, 0.29) is 12.5 Å². The van der Waals surface area contributed by atoms with Crippen LogP contribution in [0.3, 0.4) is 0 Å². The van der Waals surface area contributed by atoms with Crippen molar-refractivity contribution in [3.8, 4) is 0 Å². The molecule has 2 unspecified atom stereocenters. The molecule has 18 heavy (non-hydrogen) atoms. The Hall–Kier alpha value is -1.49. The van der Waals surface area contributed by atoms with Gasteiger partial charge < -0.3 is 10.4 Å². The van der Waals surface area contributed by atoms with Gasteiger partial charge in [0, 0.05) is 13.2 Å². The van der Waals surface area contributed by atoms with Crippen LogP contribution in [0.25, 0.3) is 0 Å². The minimum atomic E-state index is -0.118. The Morgan fingerprint density at radius 2 is 2.11 bits per heavy atom. The minimum Gasteiger partial charge on any atom is -0.396 e. The second-order valence-corrected chi connectivity index (χ2v) is 4.83. The molecule has 98 valence electrons. The predicted molar refractivity (Wildman–Crippen MR) is 66.9 cm³/mol. The van der Waals surface area contributed by atoms with Gasteiger partial charge in [-0.1, -0.05) is 12.8 Å². The first kappa shape index (κ1) is 13.0. The molecular weight excluding hydrogens is 230 g/mol. The van der Waals surface area contributed by atoms with Crippen molar-refractivity contribution in [3.05, 3.63) is 24.0 Å². The number of aliphatic hydroxyl groups is 1. The van der Waals surface area contributed by atoms with Crippen LogP contribution in [0.15, 0.2) is 18.5 Å². The fraction of sp³-hybridized carbons (Fsp3) is 0.615. The van der Waals surface area contributed by atoms with Crippen LogP contribution < -0.4 is 5.32 Å². The van der Waals surface area contributed by atoms with Crippen LogP contribution in [0.1, 0.15) is 36.0 Å². The van der Waals surface area contributed by atoms with E-state index in [0.717, 1.165) is 12.8 Å². The fourth-order valence-corrected chi connectivity index (χ4v) is 2.54. The highest BCUT2D eigenvalue weighted by Crippen LogP contribution is 2.29. The van der Waals surface area contributed by atoms with Gasteiger partial charge in [-0.25, -0.2) is 0 Å². The van der Waals surface area contributed by atoms with Gasteiger partial charge in [0.2, 0.25) is 0 Å². The molecule has 2 rings (SSSR count). The van der Waals surface area contributed by atoms with Crippen molar-refractivity contribution in [1.29, 1.82) is 0 Å². The van der Waals surface area contributed by atoms with Gasteiger partial charge >= 0.3 is 0 Å². The van der Waals surface area contributed by atoms with Crippen molar-refractivity contribution < 1.29 is 9.90 Å². The van der Waals surface area contributed by atoms with Crippen LogP contribution in [-0.4, -0.2) is 34.4 Å². The van der Waals surface area contributed by atoms with Crippen LogP contribution in [0.5, 0.6) is 0 Å². The second-order valence-electron chi connectivity index (χ2n) is 4.83. The maximum Gasteiger partial charge on any atom is 0.252 e. The van der Waals surface area contributed by atoms with Crippen molar-refractivity contribution in [2.24, 2.45) is 11.8 Å². The van der Waals surface area contributed by atoms with E-state index in [1.54, 1.807) is 6.07 Å². The second kappa shape index (κ2) is 6.44. The lowest BCUT2D eigenvalue weighted by Crippen LogP contribution is -2.35. The van der Waals surface area contributed by atoms with Gasteiger partial charge in [-0.2, -0.15) is 10.2 Å². The SMILES string of the molecule is O=C(NCC1CCCCC1CO)c1ccnnc1. The molecule has 2 atom stereocenters. The van der Waals surface area contributed by atoms with Gasteiger partial charge in [-0.15, -0.1) is 0 Å². The number of hydrogen-bond acceptors (Lipinski definition) is 4. The number of amides is 1. The Morgan fingerprint density at radius 3 is 2.78 bits per heavy atom. The van der Waals surface area contributed by atoms with Crippen LogP contribution >= 0.6 is 0 Å². The van der Waals surface area contributed by atoms with Gasteiger partial charge in [-0.05, 0) is 30.7 Å². The zero-order valence-electron chi connectivity index (χ0n) is 10.4. The Morgan fingerprint density at radius 1 is 1.33 bits per heavy atom. The van der Waals surface area contributed by atoms with Crippen LogP contribution in [-0.2, 0) is 0 Å². The molecule has 1 aliphatic carbocycles. The first-order chi connectivity index (χ1) is 8.81. The molecule has 0 radical (unpaired) electrons. The minimum absolute atomic E-state index is 0.118. The molecule has 0 aliphatic heterocycles. The number of aromatic nitrogens is 2. The zero-order valence-corrected chi connectivity index (χ0v) is 10.4. The van der Waals surface area contributed by atoms with Crippen molar-refractivity contribution in [1.82, 2.24) is 15.5 Å². The molecule has 1 aromatic rings. The highest BCUT2D eigenvalue weighted by Gasteiger charge is 2.24. The lowest BCUT2D eigenvalue weighted by Gasteiger charge is -2.30. The third-order valence-corrected chi connectivity index (χ3v) is 3.67. The lowest BCUT2D eigenvalue weighted by atomic mass is 9.79. The largest absolute Gasteiger partial charge is 0.396 e. The maximum absolute atomic E-state index is 11.8. The van der Waals surface area contributed by atoms with Gasteiger partial charge in [0.1, 0.15) is 0 Å². The van der Waals surface area contributed by atoms with Crippen LogP contribution in [0.4, 0.5) is 0 Å². The summed E-state index contributed by atoms with van der Waals surface area (Å²) < 4.78 is 0. The lowest BCUT2D eigenvalue weighted by molar-refractivity contribution is 0.0909. The van der Waals surface area contributed by atoms with E-state index >= 15 is 0 Å². The molecule has 5 nitrogen and oxygen atoms in total. The molecule has 0 saturated heterocycles. The number of nitrogens with one attached hydrogen (secondary N) is 1. The van der Waals surface area contributed by atoms with E-state index in [2.05, 4.69) is 15.5 Å². The summed E-state index contributed by atoms with van der Waals surface area (Å²) in [4.78, 5) is 11.8. The average Bonchev–Trinajstić information content (AvgIpc) is 2.46. The Balaban J connectivity index is 1.85. The Kier molecular flexibility index (Phi) is 4.64. The molecule has 2 N–H and O–H groups in total. The molecule has 1 amide bonds. The van der Waals surface area contributed by atoms with Crippen molar-refractivity contribution in [2.45, 2.75) is 25.7 Å². The molecule has 1 saturated carbocycles. The first-order valence-corrected chi connectivity index (χ1v) is 6.47. The summed E-state index contributed by atoms with van der Waals surface area (Å²) in [6.45, 7) is 0.851. The number of hydrogen-bond donors (Lipinski definition) is 2. The van der Waals surface area contributed by atoms with E-state index in [4.69, 9.17) is 0 Å². The highest BCUT2D eigenvalue weighted by atomic mass is 16.3. The average molecular weight is 249 g/mol. The van der Waals surface area contributed by atoms with E-state index in [1.165, 1.54) is 25.2 Å². The molecule has 1 aliphatic rings. The number of aliphatic hydroxyl groups excluding tert-OH is 1. The summed E-state index contributed by atoms with van der Waals surface area (Å²) in [6, 6.07) is 1.65. The number of rotatable bonds is 4. The summed E-state index contributed by atoms with van der Waals surface area (Å²) in [5, 5.41) is 19.5. The van der Waals surface area contributed by atoms with E-state index in [9.17, 15) is 9.90 Å². The van der Waals surface area contributed by atoms with Gasteiger partial charge in [0.15, 0.2) is 0 Å². The van der Waals surface area contributed by atoms with Gasteiger partial charge in [-0.3, -0.25) is 4.79 Å². The monoisotopic (exact) mass is 249 g/mol. The Bertz CT molecular complexity index is 383. The first-order valence-electron chi connectivity index (χ1n) is 6.47. The molecule has 1 aromatic heterocycles. The molecule has 0 spiro atoms. The summed E-state index contributed by atoms with van der Waals surface area (Å²) >= 11 is 0. The quantitative estimate of drug-likeness (QED) is 0.835. The zero-order chi connectivity index (χ0) is 12.8. The summed E-state index contributed by atoms with van der Waals surface area (Å²) in [7, 11) is 0. The van der Waals surface area contributed by atoms with Crippen LogP contribution in [0, 0.1) is 11.8 Å². The standard InChI is InChI=1S/C13H19N3O2/c17-9-12-4-2-1-3-10(12)7-14-13(18)11-5-6-15-16-8-11/h5-6,8,10,12,17H,1-4,7,9H2,(H,14,18). The highest BCUT2D eigenvalue weighted by molar-refractivity contribution is 5.93. The number of carbonyl (C=O) groups is 1. The maximum atomic E-state index is 11.8. The normalized spacial score (nSPS) is 23.6. The molecule has 0 aromatic carbocycles. The number of nitrogens with zero attached hydrogens (tertiary/aromatic N) is 2. The van der Waals surface area contributed by atoms with Crippen molar-refractivity contribution >= 4 is 5.91 Å². The van der Waals surface area contributed by atoms with E-state index < -0.39 is 0 Å². The smallest absolute Gasteiger partial charge is 0.252 e. The molecule has 0 bridgehead atoms. The van der Waals surface area contributed by atoms with Crippen molar-refractivity contribution in [3.63, 3.8) is 0 Å². The van der Waals surface area contributed by atoms with Crippen molar-refractivity contribution in [2.75, 3.05) is 13.2 Å². The van der Waals surface area contributed by atoms with E-state index in [1.807, 2.05) is 0 Å². The number of carbonyl (C=O) groups excluding carboxylic acids is 1. The summed E-state index contributed by atoms with van der Waals surface area (Å²) in [5.41, 5.74) is 0.529. The van der Waals surface area contributed by atoms with Gasteiger partial charge in [0.25, 0.3) is 5.91 Å². The summed E-state index contributed by atoms with van der Waals surface area (Å²) in [6.07, 6.45) is 7.48. The molecular formula is C13H19N3O2. The molecule has 1 heterocycles. The summed E-state index contributed by atoms with van der Waals surface area (Å²) in [5.74, 6) is 0.601. The Labute approximate surface area is 107 Å². The molecule has 1 fully saturated rings. The topological polar surface area (TPSA) is 75.1 Å². The van der Waals surface area contributed by atoms with Gasteiger partial charge in [0.05, 0.1) is 18.0 Å². The third kappa shape index (κ3) is 3.26. The third-order valence-electron chi connectivity index (χ3n) is 3.67. The predicted octanol–water partition coefficient (Wildman–Crippen LogP) is 1.01. The van der Waals surface area contributed by atoms with Crippen LogP contribution in [0.2, 0.25) is 0 Å².